The average Bonchev–Trinajstić information content (AvgIpc) is 2.48. The molecule has 0 aromatic carbocycles. The summed E-state index contributed by atoms with van der Waals surface area (Å²) in [5.74, 6) is 0.396. The first kappa shape index (κ1) is 11.8. The highest BCUT2D eigenvalue weighted by Crippen LogP contribution is 2.32. The molecule has 0 bridgehead atoms. The van der Waals surface area contributed by atoms with Crippen molar-refractivity contribution in [2.75, 3.05) is 5.75 Å². The van der Waals surface area contributed by atoms with Gasteiger partial charge in [0.25, 0.3) is 0 Å². The number of sulfone groups is 1. The van der Waals surface area contributed by atoms with Gasteiger partial charge in [-0.25, -0.2) is 8.42 Å². The molecule has 0 radical (unpaired) electrons. The van der Waals surface area contributed by atoms with Crippen molar-refractivity contribution in [2.45, 2.75) is 48.2 Å². The molecule has 1 saturated carbocycles. The van der Waals surface area contributed by atoms with E-state index in [1.165, 1.54) is 0 Å². The number of alkyl halides is 1. The van der Waals surface area contributed by atoms with Gasteiger partial charge in [-0.3, -0.25) is 0 Å². The van der Waals surface area contributed by atoms with E-state index in [0.29, 0.717) is 9.68 Å². The molecular weight excluding hydrogens is 299 g/mol. The molecule has 0 heterocycles. The smallest absolute Gasteiger partial charge is 0.154 e. The summed E-state index contributed by atoms with van der Waals surface area (Å²) in [5.41, 5.74) is 0. The number of halogens is 1. The maximum Gasteiger partial charge on any atom is 0.154 e. The van der Waals surface area contributed by atoms with Gasteiger partial charge in [0, 0.05) is 3.92 Å². The van der Waals surface area contributed by atoms with Crippen LogP contribution >= 0.6 is 22.6 Å². The molecule has 13 heavy (non-hydrogen) atoms. The van der Waals surface area contributed by atoms with Crippen LogP contribution in [0.3, 0.4) is 0 Å². The third-order valence-corrected chi connectivity index (χ3v) is 6.94. The van der Waals surface area contributed by atoms with Gasteiger partial charge < -0.3 is 0 Å². The minimum absolute atomic E-state index is 0.0420. The van der Waals surface area contributed by atoms with Gasteiger partial charge in [0.05, 0.1) is 11.0 Å². The molecule has 78 valence electrons. The van der Waals surface area contributed by atoms with Crippen LogP contribution in [-0.4, -0.2) is 23.3 Å². The van der Waals surface area contributed by atoms with Crippen molar-refractivity contribution >= 4 is 32.4 Å². The molecule has 4 heteroatoms. The SMILES string of the molecule is CCCCS(=O)(=O)[C@H]1CCC[C@@H]1I. The minimum atomic E-state index is -2.78. The zero-order valence-corrected chi connectivity index (χ0v) is 11.0. The Labute approximate surface area is 94.5 Å². The summed E-state index contributed by atoms with van der Waals surface area (Å²) < 4.78 is 24.0. The van der Waals surface area contributed by atoms with E-state index in [1.807, 2.05) is 6.92 Å². The fourth-order valence-corrected chi connectivity index (χ4v) is 6.03. The highest BCUT2D eigenvalue weighted by Gasteiger charge is 2.34. The Morgan fingerprint density at radius 1 is 1.38 bits per heavy atom. The van der Waals surface area contributed by atoms with E-state index >= 15 is 0 Å². The van der Waals surface area contributed by atoms with Crippen molar-refractivity contribution in [3.8, 4) is 0 Å². The van der Waals surface area contributed by atoms with Crippen LogP contribution in [0.15, 0.2) is 0 Å². The van der Waals surface area contributed by atoms with Crippen LogP contribution in [0.25, 0.3) is 0 Å². The highest BCUT2D eigenvalue weighted by atomic mass is 127. The lowest BCUT2D eigenvalue weighted by Crippen LogP contribution is -2.27. The van der Waals surface area contributed by atoms with Crippen molar-refractivity contribution < 1.29 is 8.42 Å². The molecule has 0 saturated heterocycles. The molecule has 0 aromatic rings. The molecule has 2 atom stereocenters. The lowest BCUT2D eigenvalue weighted by Gasteiger charge is -2.14. The highest BCUT2D eigenvalue weighted by molar-refractivity contribution is 14.1. The molecule has 0 aromatic heterocycles. The van der Waals surface area contributed by atoms with Crippen LogP contribution in [-0.2, 0) is 9.84 Å². The fraction of sp³-hybridized carbons (Fsp3) is 1.00. The van der Waals surface area contributed by atoms with Crippen LogP contribution in [0.5, 0.6) is 0 Å². The molecule has 0 amide bonds. The van der Waals surface area contributed by atoms with E-state index in [1.54, 1.807) is 0 Å². The first-order valence-corrected chi connectivity index (χ1v) is 7.89. The topological polar surface area (TPSA) is 34.1 Å². The Morgan fingerprint density at radius 2 is 2.08 bits per heavy atom. The predicted molar refractivity (Wildman–Crippen MR) is 64.1 cm³/mol. The van der Waals surface area contributed by atoms with Gasteiger partial charge in [-0.2, -0.15) is 0 Å². The zero-order valence-electron chi connectivity index (χ0n) is 8.00. The summed E-state index contributed by atoms with van der Waals surface area (Å²) in [5, 5.41) is -0.0420. The number of unbranched alkanes of at least 4 members (excludes halogenated alkanes) is 1. The molecule has 2 nitrogen and oxygen atoms in total. The monoisotopic (exact) mass is 316 g/mol. The lowest BCUT2D eigenvalue weighted by atomic mass is 10.4. The van der Waals surface area contributed by atoms with E-state index in [0.717, 1.165) is 32.1 Å². The normalized spacial score (nSPS) is 29.4. The van der Waals surface area contributed by atoms with Crippen LogP contribution in [0, 0.1) is 0 Å². The Morgan fingerprint density at radius 3 is 2.54 bits per heavy atom. The molecule has 0 spiro atoms. The summed E-state index contributed by atoms with van der Waals surface area (Å²) in [6.45, 7) is 2.03. The Kier molecular flexibility index (Phi) is 4.48. The standard InChI is InChI=1S/C9H17IO2S/c1-2-3-7-13(11,12)9-6-4-5-8(9)10/h8-9H,2-7H2,1H3/t8-,9-/m0/s1. The van der Waals surface area contributed by atoms with Crippen molar-refractivity contribution in [3.63, 3.8) is 0 Å². The van der Waals surface area contributed by atoms with Gasteiger partial charge in [-0.1, -0.05) is 42.4 Å². The molecule has 0 aliphatic heterocycles. The Balaban J connectivity index is 2.58. The van der Waals surface area contributed by atoms with Gasteiger partial charge in [-0.15, -0.1) is 0 Å². The lowest BCUT2D eigenvalue weighted by molar-refractivity contribution is 0.578. The van der Waals surface area contributed by atoms with Crippen molar-refractivity contribution in [2.24, 2.45) is 0 Å². The molecular formula is C9H17IO2S. The van der Waals surface area contributed by atoms with Crippen LogP contribution in [0.1, 0.15) is 39.0 Å². The van der Waals surface area contributed by atoms with Crippen molar-refractivity contribution in [1.29, 1.82) is 0 Å². The third kappa shape index (κ3) is 3.08. The second-order valence-electron chi connectivity index (χ2n) is 3.71. The van der Waals surface area contributed by atoms with Gasteiger partial charge in [0.15, 0.2) is 9.84 Å². The summed E-state index contributed by atoms with van der Waals surface area (Å²) in [7, 11) is -2.78. The van der Waals surface area contributed by atoms with Gasteiger partial charge in [0.1, 0.15) is 0 Å². The van der Waals surface area contributed by atoms with Gasteiger partial charge in [0.2, 0.25) is 0 Å². The summed E-state index contributed by atoms with van der Waals surface area (Å²) >= 11 is 2.29. The van der Waals surface area contributed by atoms with Crippen molar-refractivity contribution in [1.82, 2.24) is 0 Å². The van der Waals surface area contributed by atoms with Gasteiger partial charge in [-0.05, 0) is 19.3 Å². The van der Waals surface area contributed by atoms with E-state index in [9.17, 15) is 8.42 Å². The molecule has 1 rings (SSSR count). The first-order valence-electron chi connectivity index (χ1n) is 4.93. The Hall–Kier alpha value is 0.680. The maximum atomic E-state index is 11.8. The molecule has 0 unspecified atom stereocenters. The Bertz CT molecular complexity index is 248. The molecule has 1 aliphatic carbocycles. The third-order valence-electron chi connectivity index (χ3n) is 2.62. The second kappa shape index (κ2) is 4.96. The molecule has 1 fully saturated rings. The number of hydrogen-bond acceptors (Lipinski definition) is 2. The van der Waals surface area contributed by atoms with E-state index in [4.69, 9.17) is 0 Å². The van der Waals surface area contributed by atoms with Crippen LogP contribution < -0.4 is 0 Å². The molecule has 1 aliphatic rings. The number of rotatable bonds is 4. The quantitative estimate of drug-likeness (QED) is 0.590. The fourth-order valence-electron chi connectivity index (χ4n) is 1.78. The summed E-state index contributed by atoms with van der Waals surface area (Å²) in [6, 6.07) is 0. The van der Waals surface area contributed by atoms with Crippen LogP contribution in [0.2, 0.25) is 0 Å². The van der Waals surface area contributed by atoms with Gasteiger partial charge >= 0.3 is 0 Å². The van der Waals surface area contributed by atoms with E-state index < -0.39 is 9.84 Å². The minimum Gasteiger partial charge on any atom is -0.229 e. The van der Waals surface area contributed by atoms with E-state index in [2.05, 4.69) is 22.6 Å². The van der Waals surface area contributed by atoms with E-state index in [-0.39, 0.29) is 5.25 Å². The summed E-state index contributed by atoms with van der Waals surface area (Å²) in [6.07, 6.45) is 4.85. The summed E-state index contributed by atoms with van der Waals surface area (Å²) in [4.78, 5) is 0. The predicted octanol–water partition coefficient (Wildman–Crippen LogP) is 2.56. The first-order chi connectivity index (χ1) is 6.08. The van der Waals surface area contributed by atoms with Crippen molar-refractivity contribution in [3.05, 3.63) is 0 Å². The number of hydrogen-bond donors (Lipinski definition) is 0. The zero-order chi connectivity index (χ0) is 9.90. The average molecular weight is 316 g/mol. The largest absolute Gasteiger partial charge is 0.229 e. The second-order valence-corrected chi connectivity index (χ2v) is 7.65. The maximum absolute atomic E-state index is 11.8. The molecule has 0 N–H and O–H groups in total. The van der Waals surface area contributed by atoms with Crippen LogP contribution in [0.4, 0.5) is 0 Å².